The van der Waals surface area contributed by atoms with E-state index in [9.17, 15) is 4.79 Å². The number of aromatic nitrogens is 1. The zero-order valence-electron chi connectivity index (χ0n) is 13.1. The molecule has 0 amide bonds. The summed E-state index contributed by atoms with van der Waals surface area (Å²) in [6.45, 7) is 1.56. The number of ether oxygens (including phenoxy) is 1. The molecule has 3 aromatic rings. The highest BCUT2D eigenvalue weighted by molar-refractivity contribution is 5.94. The monoisotopic (exact) mass is 307 g/mol. The van der Waals surface area contributed by atoms with Crippen molar-refractivity contribution < 1.29 is 13.9 Å². The molecule has 0 N–H and O–H groups in total. The van der Waals surface area contributed by atoms with E-state index in [-0.39, 0.29) is 5.78 Å². The molecule has 2 aromatic carbocycles. The molecule has 0 aliphatic carbocycles. The van der Waals surface area contributed by atoms with Crippen LogP contribution in [0.15, 0.2) is 59.1 Å². The zero-order valence-corrected chi connectivity index (χ0v) is 13.1. The molecular formula is C19H17NO3. The Morgan fingerprint density at radius 1 is 1.09 bits per heavy atom. The summed E-state index contributed by atoms with van der Waals surface area (Å²) in [7, 11) is 1.63. The summed E-state index contributed by atoms with van der Waals surface area (Å²) in [5.41, 5.74) is 2.70. The molecule has 1 aromatic heterocycles. The summed E-state index contributed by atoms with van der Waals surface area (Å²) in [5, 5.41) is 0. The maximum absolute atomic E-state index is 11.3. The normalized spacial score (nSPS) is 10.5. The van der Waals surface area contributed by atoms with Crippen molar-refractivity contribution in [2.75, 3.05) is 7.11 Å². The average molecular weight is 307 g/mol. The van der Waals surface area contributed by atoms with Gasteiger partial charge in [-0.3, -0.25) is 4.79 Å². The fraction of sp³-hybridized carbons (Fsp3) is 0.158. The van der Waals surface area contributed by atoms with Gasteiger partial charge in [-0.1, -0.05) is 24.3 Å². The second-order valence-corrected chi connectivity index (χ2v) is 5.29. The minimum atomic E-state index is 0.0676. The predicted molar refractivity (Wildman–Crippen MR) is 87.7 cm³/mol. The summed E-state index contributed by atoms with van der Waals surface area (Å²) < 4.78 is 10.9. The zero-order chi connectivity index (χ0) is 16.2. The smallest absolute Gasteiger partial charge is 0.226 e. The van der Waals surface area contributed by atoms with Gasteiger partial charge in [0.05, 0.1) is 13.3 Å². The highest BCUT2D eigenvalue weighted by atomic mass is 16.5. The van der Waals surface area contributed by atoms with E-state index in [1.807, 2.05) is 48.5 Å². The lowest BCUT2D eigenvalue weighted by atomic mass is 10.1. The average Bonchev–Trinajstić information content (AvgIpc) is 3.04. The van der Waals surface area contributed by atoms with Crippen LogP contribution >= 0.6 is 0 Å². The number of hydrogen-bond donors (Lipinski definition) is 0. The Labute approximate surface area is 134 Å². The Bertz CT molecular complexity index is 801. The number of nitrogens with zero attached hydrogens (tertiary/aromatic N) is 1. The minimum absolute atomic E-state index is 0.0676. The molecule has 0 bridgehead atoms. The van der Waals surface area contributed by atoms with Crippen molar-refractivity contribution in [1.82, 2.24) is 4.98 Å². The maximum atomic E-state index is 11.3. The van der Waals surface area contributed by atoms with E-state index in [1.165, 1.54) is 0 Å². The van der Waals surface area contributed by atoms with Crippen molar-refractivity contribution in [3.8, 4) is 17.2 Å². The van der Waals surface area contributed by atoms with Gasteiger partial charge in [0.25, 0.3) is 0 Å². The van der Waals surface area contributed by atoms with E-state index in [1.54, 1.807) is 20.2 Å². The fourth-order valence-electron chi connectivity index (χ4n) is 2.31. The second-order valence-electron chi connectivity index (χ2n) is 5.29. The van der Waals surface area contributed by atoms with Crippen molar-refractivity contribution in [1.29, 1.82) is 0 Å². The lowest BCUT2D eigenvalue weighted by molar-refractivity contribution is 0.101. The van der Waals surface area contributed by atoms with Gasteiger partial charge in [0, 0.05) is 17.5 Å². The van der Waals surface area contributed by atoms with Crippen molar-refractivity contribution in [3.05, 3.63) is 71.6 Å². The number of Topliss-reactive ketones (excluding diaryl/α,β-unsaturated/α-hetero) is 1. The predicted octanol–water partition coefficient (Wildman–Crippen LogP) is 4.14. The quantitative estimate of drug-likeness (QED) is 0.665. The lowest BCUT2D eigenvalue weighted by Gasteiger charge is -2.01. The van der Waals surface area contributed by atoms with Crippen LogP contribution in [-0.2, 0) is 6.42 Å². The summed E-state index contributed by atoms with van der Waals surface area (Å²) in [4.78, 5) is 15.6. The maximum Gasteiger partial charge on any atom is 0.226 e. The van der Waals surface area contributed by atoms with Gasteiger partial charge >= 0.3 is 0 Å². The number of methoxy groups -OCH3 is 1. The van der Waals surface area contributed by atoms with Gasteiger partial charge in [-0.05, 0) is 36.8 Å². The molecule has 3 rings (SSSR count). The lowest BCUT2D eigenvalue weighted by Crippen LogP contribution is -1.92. The van der Waals surface area contributed by atoms with Crippen LogP contribution in [0.4, 0.5) is 0 Å². The van der Waals surface area contributed by atoms with Gasteiger partial charge in [-0.25, -0.2) is 4.98 Å². The van der Waals surface area contributed by atoms with E-state index in [2.05, 4.69) is 4.98 Å². The SMILES string of the molecule is COc1ccc(-c2ncc(Cc3ccc(C(C)=O)cc3)o2)cc1. The molecular weight excluding hydrogens is 290 g/mol. The molecule has 0 aliphatic rings. The van der Waals surface area contributed by atoms with Gasteiger partial charge in [0.15, 0.2) is 5.78 Å². The molecule has 4 heteroatoms. The van der Waals surface area contributed by atoms with Crippen molar-refractivity contribution >= 4 is 5.78 Å². The summed E-state index contributed by atoms with van der Waals surface area (Å²) in [6.07, 6.45) is 2.37. The topological polar surface area (TPSA) is 52.3 Å². The van der Waals surface area contributed by atoms with Crippen LogP contribution in [0.25, 0.3) is 11.5 Å². The fourth-order valence-corrected chi connectivity index (χ4v) is 2.31. The first-order chi connectivity index (χ1) is 11.2. The summed E-state index contributed by atoms with van der Waals surface area (Å²) >= 11 is 0. The molecule has 0 fully saturated rings. The number of oxazole rings is 1. The van der Waals surface area contributed by atoms with Gasteiger partial charge in [0.2, 0.25) is 5.89 Å². The van der Waals surface area contributed by atoms with E-state index >= 15 is 0 Å². The molecule has 0 saturated carbocycles. The Morgan fingerprint density at radius 3 is 2.39 bits per heavy atom. The van der Waals surface area contributed by atoms with Crippen LogP contribution in [0.3, 0.4) is 0 Å². The van der Waals surface area contributed by atoms with Crippen LogP contribution in [-0.4, -0.2) is 17.9 Å². The van der Waals surface area contributed by atoms with Crippen LogP contribution < -0.4 is 4.74 Å². The number of benzene rings is 2. The number of carbonyl (C=O) groups is 1. The first-order valence-corrected chi connectivity index (χ1v) is 7.35. The van der Waals surface area contributed by atoms with E-state index in [4.69, 9.17) is 9.15 Å². The Hall–Kier alpha value is -2.88. The molecule has 4 nitrogen and oxygen atoms in total. The Morgan fingerprint density at radius 2 is 1.78 bits per heavy atom. The van der Waals surface area contributed by atoms with Gasteiger partial charge in [-0.2, -0.15) is 0 Å². The minimum Gasteiger partial charge on any atom is -0.497 e. The molecule has 0 saturated heterocycles. The molecule has 0 aliphatic heterocycles. The number of rotatable bonds is 5. The van der Waals surface area contributed by atoms with E-state index < -0.39 is 0 Å². The first-order valence-electron chi connectivity index (χ1n) is 7.35. The standard InChI is InChI=1S/C19H17NO3/c1-13(21)15-5-3-14(4-6-15)11-18-12-20-19(23-18)16-7-9-17(22-2)10-8-16/h3-10,12H,11H2,1-2H3. The van der Waals surface area contributed by atoms with Crippen LogP contribution in [0, 0.1) is 0 Å². The number of ketones is 1. The van der Waals surface area contributed by atoms with Crippen molar-refractivity contribution in [2.24, 2.45) is 0 Å². The van der Waals surface area contributed by atoms with Crippen molar-refractivity contribution in [2.45, 2.75) is 13.3 Å². The van der Waals surface area contributed by atoms with Gasteiger partial charge in [-0.15, -0.1) is 0 Å². The molecule has 23 heavy (non-hydrogen) atoms. The molecule has 0 unspecified atom stereocenters. The molecule has 116 valence electrons. The Balaban J connectivity index is 1.74. The third-order valence-corrected chi connectivity index (χ3v) is 3.63. The number of hydrogen-bond acceptors (Lipinski definition) is 4. The highest BCUT2D eigenvalue weighted by Crippen LogP contribution is 2.23. The highest BCUT2D eigenvalue weighted by Gasteiger charge is 2.08. The van der Waals surface area contributed by atoms with Crippen LogP contribution in [0.1, 0.15) is 28.6 Å². The van der Waals surface area contributed by atoms with Crippen molar-refractivity contribution in [3.63, 3.8) is 0 Å². The van der Waals surface area contributed by atoms with Gasteiger partial charge < -0.3 is 9.15 Å². The van der Waals surface area contributed by atoms with Gasteiger partial charge in [0.1, 0.15) is 11.5 Å². The molecule has 0 atom stereocenters. The number of carbonyl (C=O) groups excluding carboxylic acids is 1. The summed E-state index contributed by atoms with van der Waals surface area (Å²) in [5.74, 6) is 2.23. The van der Waals surface area contributed by atoms with E-state index in [0.717, 1.165) is 22.6 Å². The largest absolute Gasteiger partial charge is 0.497 e. The van der Waals surface area contributed by atoms with Crippen LogP contribution in [0.5, 0.6) is 5.75 Å². The molecule has 1 heterocycles. The first kappa shape index (κ1) is 15.0. The third kappa shape index (κ3) is 3.48. The second kappa shape index (κ2) is 6.48. The van der Waals surface area contributed by atoms with Crippen LogP contribution in [0.2, 0.25) is 0 Å². The summed E-state index contributed by atoms with van der Waals surface area (Å²) in [6, 6.07) is 15.1. The Kier molecular flexibility index (Phi) is 4.24. The third-order valence-electron chi connectivity index (χ3n) is 3.63. The molecule has 0 spiro atoms. The molecule has 0 radical (unpaired) electrons. The van der Waals surface area contributed by atoms with E-state index in [0.29, 0.717) is 17.9 Å².